The molecule has 2 heterocycles. The average molecular weight is 382 g/mol. The number of carbonyl (C=O) groups excluding carboxylic acids is 2. The van der Waals surface area contributed by atoms with E-state index >= 15 is 0 Å². The molecule has 1 N–H and O–H groups in total. The van der Waals surface area contributed by atoms with Crippen molar-refractivity contribution in [2.45, 2.75) is 45.6 Å². The van der Waals surface area contributed by atoms with Gasteiger partial charge in [0.2, 0.25) is 11.8 Å². The summed E-state index contributed by atoms with van der Waals surface area (Å²) in [7, 11) is 0. The zero-order chi connectivity index (χ0) is 19.7. The Morgan fingerprint density at radius 3 is 2.57 bits per heavy atom. The minimum Gasteiger partial charge on any atom is -0.342 e. The minimum atomic E-state index is -0.0725. The van der Waals surface area contributed by atoms with Crippen molar-refractivity contribution < 1.29 is 9.59 Å². The van der Waals surface area contributed by atoms with Crippen LogP contribution in [0.5, 0.6) is 0 Å². The zero-order valence-electron chi connectivity index (χ0n) is 16.3. The fourth-order valence-corrected chi connectivity index (χ4v) is 3.66. The number of carbonyl (C=O) groups is 2. The first kappa shape index (κ1) is 18.6. The fourth-order valence-electron chi connectivity index (χ4n) is 3.66. The van der Waals surface area contributed by atoms with Gasteiger partial charge in [-0.25, -0.2) is 4.68 Å². The monoisotopic (exact) mass is 382 g/mol. The lowest BCUT2D eigenvalue weighted by atomic mass is 9.95. The Hall–Kier alpha value is -2.77. The first-order valence-electron chi connectivity index (χ1n) is 10.0. The first-order valence-corrected chi connectivity index (χ1v) is 10.0. The molecule has 2 aliphatic rings. The molecule has 8 nitrogen and oxygen atoms in total. The standard InChI is InChI=1S/C20H26N6O2/c1-13(2)20(28)25-10-8-14(9-11-25)19(27)21-16-5-3-4-15(12-16)18-22-23-24-26(18)17-6-7-17/h3-5,12-14,17H,6-11H2,1-2H3,(H,21,27). The number of tetrazole rings is 1. The largest absolute Gasteiger partial charge is 0.342 e. The molecule has 0 spiro atoms. The van der Waals surface area contributed by atoms with Crippen molar-refractivity contribution in [3.8, 4) is 11.4 Å². The summed E-state index contributed by atoms with van der Waals surface area (Å²) in [5.41, 5.74) is 1.64. The van der Waals surface area contributed by atoms with Crippen LogP contribution in [0.1, 0.15) is 45.6 Å². The van der Waals surface area contributed by atoms with Crippen molar-refractivity contribution in [3.63, 3.8) is 0 Å². The van der Waals surface area contributed by atoms with Crippen LogP contribution in [-0.2, 0) is 9.59 Å². The number of anilines is 1. The van der Waals surface area contributed by atoms with E-state index in [0.29, 0.717) is 32.0 Å². The third-order valence-electron chi connectivity index (χ3n) is 5.45. The van der Waals surface area contributed by atoms with Crippen molar-refractivity contribution in [3.05, 3.63) is 24.3 Å². The van der Waals surface area contributed by atoms with Gasteiger partial charge in [-0.05, 0) is 48.2 Å². The van der Waals surface area contributed by atoms with E-state index in [1.165, 1.54) is 0 Å². The molecule has 1 aromatic carbocycles. The molecule has 2 aromatic rings. The number of rotatable bonds is 5. The van der Waals surface area contributed by atoms with E-state index in [4.69, 9.17) is 0 Å². The maximum atomic E-state index is 12.7. The molecule has 0 unspecified atom stereocenters. The molecular weight excluding hydrogens is 356 g/mol. The van der Waals surface area contributed by atoms with E-state index in [9.17, 15) is 9.59 Å². The predicted octanol–water partition coefficient (Wildman–Crippen LogP) is 2.51. The number of nitrogens with zero attached hydrogens (tertiary/aromatic N) is 5. The highest BCUT2D eigenvalue weighted by Gasteiger charge is 2.29. The van der Waals surface area contributed by atoms with Crippen molar-refractivity contribution >= 4 is 17.5 Å². The number of nitrogens with one attached hydrogen (secondary N) is 1. The molecule has 0 atom stereocenters. The van der Waals surface area contributed by atoms with E-state index in [2.05, 4.69) is 20.8 Å². The van der Waals surface area contributed by atoms with Gasteiger partial charge < -0.3 is 10.2 Å². The molecule has 28 heavy (non-hydrogen) atoms. The highest BCUT2D eigenvalue weighted by atomic mass is 16.2. The van der Waals surface area contributed by atoms with Crippen LogP contribution in [0.2, 0.25) is 0 Å². The topological polar surface area (TPSA) is 93.0 Å². The SMILES string of the molecule is CC(C)C(=O)N1CCC(C(=O)Nc2cccc(-c3nnnn3C3CC3)c2)CC1. The van der Waals surface area contributed by atoms with E-state index < -0.39 is 0 Å². The zero-order valence-corrected chi connectivity index (χ0v) is 16.3. The molecular formula is C20H26N6O2. The van der Waals surface area contributed by atoms with Crippen LogP contribution < -0.4 is 5.32 Å². The van der Waals surface area contributed by atoms with Crippen LogP contribution in [0.4, 0.5) is 5.69 Å². The summed E-state index contributed by atoms with van der Waals surface area (Å²) in [6.45, 7) is 5.11. The molecule has 4 rings (SSSR count). The summed E-state index contributed by atoms with van der Waals surface area (Å²) in [6.07, 6.45) is 3.60. The summed E-state index contributed by atoms with van der Waals surface area (Å²) in [4.78, 5) is 26.7. The Labute approximate surface area is 164 Å². The maximum Gasteiger partial charge on any atom is 0.227 e. The summed E-state index contributed by atoms with van der Waals surface area (Å²) < 4.78 is 1.86. The molecule has 1 saturated heterocycles. The Morgan fingerprint density at radius 1 is 1.14 bits per heavy atom. The Kier molecular flexibility index (Phi) is 5.11. The van der Waals surface area contributed by atoms with E-state index in [1.54, 1.807) is 0 Å². The van der Waals surface area contributed by atoms with Gasteiger partial charge in [0.25, 0.3) is 0 Å². The second-order valence-corrected chi connectivity index (χ2v) is 8.00. The number of hydrogen-bond acceptors (Lipinski definition) is 5. The van der Waals surface area contributed by atoms with Crippen molar-refractivity contribution in [2.24, 2.45) is 11.8 Å². The highest BCUT2D eigenvalue weighted by Crippen LogP contribution is 2.36. The summed E-state index contributed by atoms with van der Waals surface area (Å²) in [5, 5.41) is 15.1. The smallest absolute Gasteiger partial charge is 0.227 e. The van der Waals surface area contributed by atoms with E-state index in [-0.39, 0.29) is 23.7 Å². The molecule has 148 valence electrons. The number of hydrogen-bond donors (Lipinski definition) is 1. The van der Waals surface area contributed by atoms with Gasteiger partial charge in [0.15, 0.2) is 5.82 Å². The molecule has 1 aliphatic carbocycles. The van der Waals surface area contributed by atoms with Gasteiger partial charge in [-0.15, -0.1) is 5.10 Å². The maximum absolute atomic E-state index is 12.7. The normalized spacial score (nSPS) is 17.8. The number of benzene rings is 1. The van der Waals surface area contributed by atoms with Crippen LogP contribution in [0.25, 0.3) is 11.4 Å². The molecule has 1 aromatic heterocycles. The van der Waals surface area contributed by atoms with Crippen LogP contribution in [0, 0.1) is 11.8 Å². The van der Waals surface area contributed by atoms with Crippen molar-refractivity contribution in [2.75, 3.05) is 18.4 Å². The van der Waals surface area contributed by atoms with Gasteiger partial charge in [0, 0.05) is 36.2 Å². The third kappa shape index (κ3) is 3.90. The lowest BCUT2D eigenvalue weighted by molar-refractivity contribution is -0.137. The third-order valence-corrected chi connectivity index (χ3v) is 5.45. The minimum absolute atomic E-state index is 0.000270. The first-order chi connectivity index (χ1) is 13.5. The summed E-state index contributed by atoms with van der Waals surface area (Å²) in [6, 6.07) is 8.04. The molecule has 8 heteroatoms. The lowest BCUT2D eigenvalue weighted by Crippen LogP contribution is -2.43. The van der Waals surface area contributed by atoms with E-state index in [1.807, 2.05) is 47.7 Å². The van der Waals surface area contributed by atoms with Crippen molar-refractivity contribution in [1.82, 2.24) is 25.1 Å². The molecule has 1 aliphatic heterocycles. The van der Waals surface area contributed by atoms with Gasteiger partial charge in [-0.1, -0.05) is 26.0 Å². The number of piperidine rings is 1. The van der Waals surface area contributed by atoms with Crippen LogP contribution in [-0.4, -0.2) is 50.0 Å². The second kappa shape index (κ2) is 7.69. The molecule has 0 radical (unpaired) electrons. The van der Waals surface area contributed by atoms with Crippen molar-refractivity contribution in [1.29, 1.82) is 0 Å². The highest BCUT2D eigenvalue weighted by molar-refractivity contribution is 5.93. The quantitative estimate of drug-likeness (QED) is 0.858. The van der Waals surface area contributed by atoms with Gasteiger partial charge in [-0.2, -0.15) is 0 Å². The summed E-state index contributed by atoms with van der Waals surface area (Å²) >= 11 is 0. The van der Waals surface area contributed by atoms with E-state index in [0.717, 1.165) is 29.9 Å². The molecule has 1 saturated carbocycles. The van der Waals surface area contributed by atoms with Crippen LogP contribution in [0.15, 0.2) is 24.3 Å². The summed E-state index contributed by atoms with van der Waals surface area (Å²) in [5.74, 6) is 0.839. The Balaban J connectivity index is 1.39. The van der Waals surface area contributed by atoms with Crippen LogP contribution in [0.3, 0.4) is 0 Å². The predicted molar refractivity (Wildman–Crippen MR) is 104 cm³/mol. The molecule has 0 bridgehead atoms. The van der Waals surface area contributed by atoms with Crippen LogP contribution >= 0.6 is 0 Å². The fraction of sp³-hybridized carbons (Fsp3) is 0.550. The second-order valence-electron chi connectivity index (χ2n) is 8.00. The van der Waals surface area contributed by atoms with Gasteiger partial charge >= 0.3 is 0 Å². The lowest BCUT2D eigenvalue weighted by Gasteiger charge is -2.32. The molecule has 2 fully saturated rings. The Morgan fingerprint density at radius 2 is 1.89 bits per heavy atom. The molecule has 2 amide bonds. The van der Waals surface area contributed by atoms with Gasteiger partial charge in [0.1, 0.15) is 0 Å². The number of likely N-dealkylation sites (tertiary alicyclic amines) is 1. The number of aromatic nitrogens is 4. The van der Waals surface area contributed by atoms with Gasteiger partial charge in [-0.3, -0.25) is 9.59 Å². The van der Waals surface area contributed by atoms with Gasteiger partial charge in [0.05, 0.1) is 6.04 Å². The average Bonchev–Trinajstić information content (AvgIpc) is 3.44. The Bertz CT molecular complexity index is 865. The number of amides is 2.